The molecule has 1 fully saturated rings. The molecule has 1 aromatic heterocycles. The molecule has 1 aliphatic rings. The van der Waals surface area contributed by atoms with Crippen LogP contribution in [-0.4, -0.2) is 27.2 Å². The Morgan fingerprint density at radius 1 is 1.43 bits per heavy atom. The summed E-state index contributed by atoms with van der Waals surface area (Å²) in [5.41, 5.74) is 0.589. The Morgan fingerprint density at radius 2 is 2.19 bits per heavy atom. The highest BCUT2D eigenvalue weighted by Gasteiger charge is 2.35. The van der Waals surface area contributed by atoms with Crippen LogP contribution in [0, 0.1) is 12.8 Å². The number of hydrogen-bond acceptors (Lipinski definition) is 4. The molecular weight excluding hydrogens is 286 g/mol. The normalized spacial score (nSPS) is 25.9. The van der Waals surface area contributed by atoms with E-state index in [2.05, 4.69) is 29.1 Å². The van der Waals surface area contributed by atoms with Gasteiger partial charge in [0.25, 0.3) is 0 Å². The summed E-state index contributed by atoms with van der Waals surface area (Å²) in [5, 5.41) is 13.9. The van der Waals surface area contributed by atoms with Gasteiger partial charge in [-0.2, -0.15) is 0 Å². The number of halogens is 1. The van der Waals surface area contributed by atoms with Gasteiger partial charge >= 0.3 is 0 Å². The van der Waals surface area contributed by atoms with Crippen LogP contribution in [0.5, 0.6) is 0 Å². The number of nitrogens with one attached hydrogen (secondary N) is 1. The lowest BCUT2D eigenvalue weighted by atomic mass is 9.77. The number of nitrogens with zero attached hydrogens (tertiary/aromatic N) is 2. The smallest absolute Gasteiger partial charge is 0.137 e. The molecule has 0 radical (unpaired) electrons. The van der Waals surface area contributed by atoms with Gasteiger partial charge in [-0.15, -0.1) is 0 Å². The Labute approximate surface area is 132 Å². The van der Waals surface area contributed by atoms with Crippen molar-refractivity contribution >= 4 is 17.4 Å². The van der Waals surface area contributed by atoms with Gasteiger partial charge in [0, 0.05) is 12.0 Å². The molecule has 0 bridgehead atoms. The lowest BCUT2D eigenvalue weighted by Gasteiger charge is -2.40. The quantitative estimate of drug-likeness (QED) is 0.813. The first-order valence-electron chi connectivity index (χ1n) is 7.91. The third kappa shape index (κ3) is 3.86. The van der Waals surface area contributed by atoms with Gasteiger partial charge in [0.15, 0.2) is 0 Å². The van der Waals surface area contributed by atoms with Crippen molar-refractivity contribution in [3.8, 4) is 0 Å². The average molecular weight is 312 g/mol. The van der Waals surface area contributed by atoms with Gasteiger partial charge < -0.3 is 10.4 Å². The summed E-state index contributed by atoms with van der Waals surface area (Å²) in [6.45, 7) is 6.40. The van der Waals surface area contributed by atoms with E-state index in [1.807, 2.05) is 6.92 Å². The van der Waals surface area contributed by atoms with Crippen LogP contribution in [0.4, 0.5) is 5.82 Å². The van der Waals surface area contributed by atoms with Crippen LogP contribution in [0.3, 0.4) is 0 Å². The minimum Gasteiger partial charge on any atom is -0.394 e. The number of anilines is 1. The zero-order chi connectivity index (χ0) is 15.5. The first-order valence-corrected chi connectivity index (χ1v) is 8.29. The number of aliphatic hydroxyl groups is 1. The first-order chi connectivity index (χ1) is 9.99. The van der Waals surface area contributed by atoms with Gasteiger partial charge in [-0.05, 0) is 32.1 Å². The molecule has 2 N–H and O–H groups in total. The Morgan fingerprint density at radius 3 is 2.81 bits per heavy atom. The number of aryl methyl sites for hydroxylation is 1. The molecule has 118 valence electrons. The van der Waals surface area contributed by atoms with Crippen molar-refractivity contribution in [2.75, 3.05) is 11.9 Å². The highest BCUT2D eigenvalue weighted by atomic mass is 35.5. The van der Waals surface area contributed by atoms with Crippen molar-refractivity contribution in [3.05, 3.63) is 16.5 Å². The molecule has 0 aromatic carbocycles. The maximum atomic E-state index is 9.91. The molecule has 2 unspecified atom stereocenters. The van der Waals surface area contributed by atoms with Crippen molar-refractivity contribution in [1.82, 2.24) is 9.97 Å². The molecule has 2 rings (SSSR count). The molecule has 0 spiro atoms. The van der Waals surface area contributed by atoms with E-state index in [4.69, 9.17) is 11.6 Å². The molecule has 0 aliphatic heterocycles. The summed E-state index contributed by atoms with van der Waals surface area (Å²) in [7, 11) is 0. The summed E-state index contributed by atoms with van der Waals surface area (Å²) in [4.78, 5) is 8.95. The highest BCUT2D eigenvalue weighted by molar-refractivity contribution is 6.30. The molecule has 2 atom stereocenters. The molecule has 1 aromatic rings. The van der Waals surface area contributed by atoms with Gasteiger partial charge in [-0.25, -0.2) is 9.97 Å². The predicted octanol–water partition coefficient (Wildman–Crippen LogP) is 3.74. The predicted molar refractivity (Wildman–Crippen MR) is 86.8 cm³/mol. The Kier molecular flexibility index (Phi) is 5.44. The summed E-state index contributed by atoms with van der Waals surface area (Å²) in [5.74, 6) is 2.17. The van der Waals surface area contributed by atoms with E-state index in [0.29, 0.717) is 11.1 Å². The van der Waals surface area contributed by atoms with Gasteiger partial charge in [-0.1, -0.05) is 38.3 Å². The van der Waals surface area contributed by atoms with E-state index < -0.39 is 0 Å². The standard InChI is InChI=1S/C16H26ClN3O/c1-4-6-13-18-14(17)12(3)15(19-13)20-16(10-21)8-5-7-11(2)9-16/h11,21H,4-10H2,1-3H3,(H,18,19,20). The minimum absolute atomic E-state index is 0.127. The minimum atomic E-state index is -0.274. The van der Waals surface area contributed by atoms with Crippen LogP contribution in [0.25, 0.3) is 0 Å². The van der Waals surface area contributed by atoms with Crippen LogP contribution in [0.15, 0.2) is 0 Å². The summed E-state index contributed by atoms with van der Waals surface area (Å²) < 4.78 is 0. The molecule has 0 amide bonds. The van der Waals surface area contributed by atoms with Gasteiger partial charge in [0.05, 0.1) is 12.1 Å². The number of rotatable bonds is 5. The number of aliphatic hydroxyl groups excluding tert-OH is 1. The van der Waals surface area contributed by atoms with E-state index in [1.165, 1.54) is 6.42 Å². The number of aromatic nitrogens is 2. The van der Waals surface area contributed by atoms with Crippen molar-refractivity contribution in [2.24, 2.45) is 5.92 Å². The second-order valence-electron chi connectivity index (χ2n) is 6.42. The van der Waals surface area contributed by atoms with Crippen molar-refractivity contribution in [2.45, 2.75) is 64.8 Å². The summed E-state index contributed by atoms with van der Waals surface area (Å²) in [6.07, 6.45) is 6.10. The molecule has 21 heavy (non-hydrogen) atoms. The lowest BCUT2D eigenvalue weighted by Crippen LogP contribution is -2.46. The average Bonchev–Trinajstić information content (AvgIpc) is 2.44. The van der Waals surface area contributed by atoms with Crippen LogP contribution < -0.4 is 5.32 Å². The van der Waals surface area contributed by atoms with Gasteiger partial charge in [0.2, 0.25) is 0 Å². The van der Waals surface area contributed by atoms with Crippen LogP contribution >= 0.6 is 11.6 Å². The maximum absolute atomic E-state index is 9.91. The van der Waals surface area contributed by atoms with Crippen LogP contribution in [0.1, 0.15) is 57.3 Å². The Bertz CT molecular complexity index is 495. The molecule has 1 heterocycles. The monoisotopic (exact) mass is 311 g/mol. The summed E-state index contributed by atoms with van der Waals surface area (Å²) in [6, 6.07) is 0. The highest BCUT2D eigenvalue weighted by Crippen LogP contribution is 2.35. The van der Waals surface area contributed by atoms with E-state index in [1.54, 1.807) is 0 Å². The van der Waals surface area contributed by atoms with Crippen molar-refractivity contribution in [1.29, 1.82) is 0 Å². The SMILES string of the molecule is CCCc1nc(Cl)c(C)c(NC2(CO)CCCC(C)C2)n1. The Hall–Kier alpha value is -0.870. The fraction of sp³-hybridized carbons (Fsp3) is 0.750. The van der Waals surface area contributed by atoms with E-state index in [9.17, 15) is 5.11 Å². The fourth-order valence-corrected chi connectivity index (χ4v) is 3.38. The topological polar surface area (TPSA) is 58.0 Å². The maximum Gasteiger partial charge on any atom is 0.137 e. The second kappa shape index (κ2) is 6.93. The van der Waals surface area contributed by atoms with Crippen LogP contribution in [0.2, 0.25) is 5.15 Å². The van der Waals surface area contributed by atoms with E-state index >= 15 is 0 Å². The molecule has 5 heteroatoms. The molecule has 1 aliphatic carbocycles. The van der Waals surface area contributed by atoms with Gasteiger partial charge in [-0.3, -0.25) is 0 Å². The van der Waals surface area contributed by atoms with E-state index in [0.717, 1.165) is 49.3 Å². The molecule has 1 saturated carbocycles. The largest absolute Gasteiger partial charge is 0.394 e. The Balaban J connectivity index is 2.28. The zero-order valence-corrected chi connectivity index (χ0v) is 14.0. The second-order valence-corrected chi connectivity index (χ2v) is 6.78. The van der Waals surface area contributed by atoms with E-state index in [-0.39, 0.29) is 12.1 Å². The molecular formula is C16H26ClN3O. The van der Waals surface area contributed by atoms with Gasteiger partial charge in [0.1, 0.15) is 16.8 Å². The fourth-order valence-electron chi connectivity index (χ4n) is 3.20. The zero-order valence-electron chi connectivity index (χ0n) is 13.2. The third-order valence-electron chi connectivity index (χ3n) is 4.38. The first kappa shape index (κ1) is 16.5. The number of hydrogen-bond donors (Lipinski definition) is 2. The summed E-state index contributed by atoms with van der Waals surface area (Å²) >= 11 is 6.24. The lowest BCUT2D eigenvalue weighted by molar-refractivity contribution is 0.149. The van der Waals surface area contributed by atoms with Crippen LogP contribution in [-0.2, 0) is 6.42 Å². The third-order valence-corrected chi connectivity index (χ3v) is 4.75. The molecule has 4 nitrogen and oxygen atoms in total. The van der Waals surface area contributed by atoms with Crippen molar-refractivity contribution in [3.63, 3.8) is 0 Å². The molecule has 0 saturated heterocycles. The van der Waals surface area contributed by atoms with Crippen molar-refractivity contribution < 1.29 is 5.11 Å².